The van der Waals surface area contributed by atoms with E-state index in [-0.39, 0.29) is 5.69 Å². The molecule has 1 atom stereocenters. The minimum absolute atomic E-state index is 0.102. The minimum atomic E-state index is -4.76. The third kappa shape index (κ3) is 2.84. The fourth-order valence-corrected chi connectivity index (χ4v) is 1.50. The number of alkyl halides is 3. The molecule has 0 bridgehead atoms. The van der Waals surface area contributed by atoms with Crippen LogP contribution in [0.15, 0.2) is 30.6 Å². The molecular weight excluding hydrogens is 263 g/mol. The van der Waals surface area contributed by atoms with Crippen molar-refractivity contribution in [3.8, 4) is 0 Å². The van der Waals surface area contributed by atoms with E-state index in [0.717, 1.165) is 0 Å². The van der Waals surface area contributed by atoms with Gasteiger partial charge < -0.3 is 10.4 Å². The highest BCUT2D eigenvalue weighted by atomic mass is 19.4. The topological polar surface area (TPSA) is 66.6 Å². The molecule has 0 aliphatic rings. The third-order valence-electron chi connectivity index (χ3n) is 2.48. The average Bonchev–Trinajstić information content (AvgIpc) is 2.78. The molecule has 0 saturated heterocycles. The summed E-state index contributed by atoms with van der Waals surface area (Å²) < 4.78 is 37.7. The molecule has 0 radical (unpaired) electrons. The summed E-state index contributed by atoms with van der Waals surface area (Å²) in [5.74, 6) is -0.734. The van der Waals surface area contributed by atoms with Crippen LogP contribution in [0.1, 0.15) is 10.5 Å². The second-order valence-electron chi connectivity index (χ2n) is 3.84. The number of pyridine rings is 1. The number of amides is 1. The molecule has 0 fully saturated rings. The van der Waals surface area contributed by atoms with Gasteiger partial charge in [0.15, 0.2) is 6.10 Å². The lowest BCUT2D eigenvalue weighted by atomic mass is 10.3. The van der Waals surface area contributed by atoms with E-state index in [1.807, 2.05) is 5.32 Å². The van der Waals surface area contributed by atoms with E-state index in [1.54, 1.807) is 24.4 Å². The lowest BCUT2D eigenvalue weighted by molar-refractivity contribution is -0.201. The fraction of sp³-hybridized carbons (Fsp3) is 0.273. The summed E-state index contributed by atoms with van der Waals surface area (Å²) in [4.78, 5) is 15.6. The molecular formula is C11H10F3N3O2. The molecule has 2 aromatic heterocycles. The number of hydrogen-bond acceptors (Lipinski definition) is 3. The van der Waals surface area contributed by atoms with Crippen LogP contribution in [0.25, 0.3) is 5.65 Å². The molecule has 2 rings (SSSR count). The number of carbonyl (C=O) groups excluding carboxylic acids is 1. The van der Waals surface area contributed by atoms with Gasteiger partial charge in [-0.3, -0.25) is 9.20 Å². The van der Waals surface area contributed by atoms with Crippen molar-refractivity contribution in [2.24, 2.45) is 0 Å². The van der Waals surface area contributed by atoms with Gasteiger partial charge in [-0.05, 0) is 12.1 Å². The third-order valence-corrected chi connectivity index (χ3v) is 2.48. The first-order chi connectivity index (χ1) is 8.89. The van der Waals surface area contributed by atoms with Crippen LogP contribution in [0, 0.1) is 0 Å². The number of rotatable bonds is 3. The van der Waals surface area contributed by atoms with Crippen molar-refractivity contribution >= 4 is 11.6 Å². The van der Waals surface area contributed by atoms with Crippen LogP contribution in [0.5, 0.6) is 0 Å². The van der Waals surface area contributed by atoms with Crippen molar-refractivity contribution in [3.63, 3.8) is 0 Å². The zero-order chi connectivity index (χ0) is 14.0. The first kappa shape index (κ1) is 13.3. The van der Waals surface area contributed by atoms with Crippen molar-refractivity contribution in [2.45, 2.75) is 12.3 Å². The van der Waals surface area contributed by atoms with Crippen LogP contribution >= 0.6 is 0 Å². The molecule has 19 heavy (non-hydrogen) atoms. The van der Waals surface area contributed by atoms with Crippen LogP contribution in [-0.2, 0) is 0 Å². The first-order valence-corrected chi connectivity index (χ1v) is 5.34. The van der Waals surface area contributed by atoms with Gasteiger partial charge >= 0.3 is 6.18 Å². The maximum absolute atomic E-state index is 12.1. The van der Waals surface area contributed by atoms with Gasteiger partial charge in [-0.2, -0.15) is 13.2 Å². The Kier molecular flexibility index (Phi) is 3.43. The van der Waals surface area contributed by atoms with Crippen LogP contribution in [0.4, 0.5) is 13.2 Å². The van der Waals surface area contributed by atoms with Crippen molar-refractivity contribution < 1.29 is 23.1 Å². The molecule has 0 spiro atoms. The van der Waals surface area contributed by atoms with Gasteiger partial charge in [0.1, 0.15) is 11.3 Å². The Morgan fingerprint density at radius 2 is 2.21 bits per heavy atom. The zero-order valence-electron chi connectivity index (χ0n) is 9.55. The highest BCUT2D eigenvalue weighted by Gasteiger charge is 2.38. The number of fused-ring (bicyclic) bond motifs is 1. The molecule has 2 aromatic rings. The second kappa shape index (κ2) is 4.88. The smallest absolute Gasteiger partial charge is 0.382 e. The van der Waals surface area contributed by atoms with E-state index in [2.05, 4.69) is 4.98 Å². The van der Waals surface area contributed by atoms with Gasteiger partial charge in [0, 0.05) is 6.20 Å². The van der Waals surface area contributed by atoms with E-state index in [1.165, 1.54) is 10.6 Å². The summed E-state index contributed by atoms with van der Waals surface area (Å²) in [6.07, 6.45) is -4.52. The summed E-state index contributed by atoms with van der Waals surface area (Å²) in [6, 6.07) is 5.04. The van der Waals surface area contributed by atoms with Gasteiger partial charge in [-0.15, -0.1) is 0 Å². The highest BCUT2D eigenvalue weighted by Crippen LogP contribution is 2.19. The van der Waals surface area contributed by atoms with Crippen molar-refractivity contribution in [3.05, 3.63) is 36.3 Å². The summed E-state index contributed by atoms with van der Waals surface area (Å²) in [5.41, 5.74) is 0.606. The molecule has 2 heterocycles. The van der Waals surface area contributed by atoms with Gasteiger partial charge in [-0.1, -0.05) is 6.07 Å². The standard InChI is InChI=1S/C11H10F3N3O2/c12-11(13,14)8(18)6-16-10(19)7-5-15-9-3-1-2-4-17(7)9/h1-5,8,18H,6H2,(H,16,19). The molecule has 1 unspecified atom stereocenters. The molecule has 8 heteroatoms. The largest absolute Gasteiger partial charge is 0.416 e. The summed E-state index contributed by atoms with van der Waals surface area (Å²) >= 11 is 0. The lowest BCUT2D eigenvalue weighted by Gasteiger charge is -2.14. The number of halogens is 3. The van der Waals surface area contributed by atoms with Crippen LogP contribution < -0.4 is 5.32 Å². The van der Waals surface area contributed by atoms with Crippen LogP contribution in [0.3, 0.4) is 0 Å². The van der Waals surface area contributed by atoms with Crippen molar-refractivity contribution in [2.75, 3.05) is 6.54 Å². The normalized spacial score (nSPS) is 13.5. The zero-order valence-corrected chi connectivity index (χ0v) is 9.55. The Balaban J connectivity index is 2.09. The Morgan fingerprint density at radius 1 is 1.47 bits per heavy atom. The Hall–Kier alpha value is -2.09. The number of aliphatic hydroxyl groups excluding tert-OH is 1. The predicted octanol–water partition coefficient (Wildman–Crippen LogP) is 0.987. The van der Waals surface area contributed by atoms with Crippen molar-refractivity contribution in [1.29, 1.82) is 0 Å². The van der Waals surface area contributed by atoms with E-state index in [0.29, 0.717) is 5.65 Å². The molecule has 2 N–H and O–H groups in total. The molecule has 1 amide bonds. The number of nitrogens with one attached hydrogen (secondary N) is 1. The molecule has 0 saturated carbocycles. The summed E-state index contributed by atoms with van der Waals surface area (Å²) in [7, 11) is 0. The van der Waals surface area contributed by atoms with E-state index < -0.39 is 24.7 Å². The highest BCUT2D eigenvalue weighted by molar-refractivity contribution is 5.93. The van der Waals surface area contributed by atoms with Crippen LogP contribution in [-0.4, -0.2) is 39.2 Å². The van der Waals surface area contributed by atoms with Gasteiger partial charge in [0.25, 0.3) is 5.91 Å². The number of aromatic nitrogens is 2. The van der Waals surface area contributed by atoms with Gasteiger partial charge in [0.2, 0.25) is 0 Å². The molecule has 0 aliphatic carbocycles. The number of aliphatic hydroxyl groups is 1. The van der Waals surface area contributed by atoms with Crippen molar-refractivity contribution in [1.82, 2.24) is 14.7 Å². The predicted molar refractivity (Wildman–Crippen MR) is 59.6 cm³/mol. The Bertz CT molecular complexity index is 594. The van der Waals surface area contributed by atoms with Crippen LogP contribution in [0.2, 0.25) is 0 Å². The summed E-state index contributed by atoms with van der Waals surface area (Å²) in [6.45, 7) is -0.900. The minimum Gasteiger partial charge on any atom is -0.382 e. The van der Waals surface area contributed by atoms with E-state index >= 15 is 0 Å². The fourth-order valence-electron chi connectivity index (χ4n) is 1.50. The molecule has 5 nitrogen and oxygen atoms in total. The monoisotopic (exact) mass is 273 g/mol. The molecule has 0 aromatic carbocycles. The van der Waals surface area contributed by atoms with Gasteiger partial charge in [0.05, 0.1) is 12.7 Å². The number of hydrogen-bond donors (Lipinski definition) is 2. The number of imidazole rings is 1. The maximum Gasteiger partial charge on any atom is 0.416 e. The number of carbonyl (C=O) groups is 1. The van der Waals surface area contributed by atoms with E-state index in [4.69, 9.17) is 5.11 Å². The SMILES string of the molecule is O=C(NCC(O)C(F)(F)F)c1cnc2ccccn12. The Morgan fingerprint density at radius 3 is 2.89 bits per heavy atom. The summed E-state index contributed by atoms with van der Waals surface area (Å²) in [5, 5.41) is 10.8. The quantitative estimate of drug-likeness (QED) is 0.876. The second-order valence-corrected chi connectivity index (χ2v) is 3.84. The molecule has 102 valence electrons. The molecule has 0 aliphatic heterocycles. The lowest BCUT2D eigenvalue weighted by Crippen LogP contribution is -2.40. The first-order valence-electron chi connectivity index (χ1n) is 5.34. The Labute approximate surface area is 105 Å². The van der Waals surface area contributed by atoms with E-state index in [9.17, 15) is 18.0 Å². The number of nitrogens with zero attached hydrogens (tertiary/aromatic N) is 2. The maximum atomic E-state index is 12.1. The van der Waals surface area contributed by atoms with Gasteiger partial charge in [-0.25, -0.2) is 4.98 Å². The average molecular weight is 273 g/mol.